The van der Waals surface area contributed by atoms with Crippen molar-refractivity contribution >= 4 is 27.6 Å². The molecule has 1 fully saturated rings. The minimum Gasteiger partial charge on any atom is -0.470 e. The quantitative estimate of drug-likeness (QED) is 0.558. The highest BCUT2D eigenvalue weighted by atomic mass is 32.2. The average molecular weight is 520 g/mol. The Labute approximate surface area is 195 Å². The minimum absolute atomic E-state index is 0.0572. The number of nitrogens with two attached hydrogens (primary N) is 1. The molecule has 14 heteroatoms. The van der Waals surface area contributed by atoms with Crippen LogP contribution in [0.5, 0.6) is 5.88 Å². The number of amidine groups is 1. The number of ether oxygens (including phenoxy) is 1. The van der Waals surface area contributed by atoms with Gasteiger partial charge in [-0.15, -0.1) is 0 Å². The standard InChI is InChI=1S/C21H18F6N4O3S/c22-12-2-1-10(5-11(12)18-15-3-4-16(19(28)31-18)35(15,32)33)6-13(23)14-7-30-17(8-29-14)34-9-21(26,27)20(24)25/h1-2,5-8,15-16,18,20H,3-4,9H2,(H2,28,31)/b13-6-. The average Bonchev–Trinajstić information content (AvgIpc) is 2.99. The third kappa shape index (κ3) is 4.83. The van der Waals surface area contributed by atoms with Gasteiger partial charge in [0.1, 0.15) is 22.6 Å². The number of alkyl halides is 4. The molecule has 3 heterocycles. The normalized spacial score (nSPS) is 23.9. The van der Waals surface area contributed by atoms with E-state index in [1.54, 1.807) is 0 Å². The molecular weight excluding hydrogens is 502 g/mol. The number of hydrogen-bond acceptors (Lipinski definition) is 7. The van der Waals surface area contributed by atoms with E-state index in [1.165, 1.54) is 12.1 Å². The molecule has 2 aromatic rings. The van der Waals surface area contributed by atoms with Crippen molar-refractivity contribution in [2.75, 3.05) is 6.61 Å². The van der Waals surface area contributed by atoms with Gasteiger partial charge in [-0.3, -0.25) is 4.99 Å². The van der Waals surface area contributed by atoms with Crippen molar-refractivity contribution in [3.05, 3.63) is 53.2 Å². The Bertz CT molecular complexity index is 1280. The maximum absolute atomic E-state index is 14.7. The molecule has 2 bridgehead atoms. The van der Waals surface area contributed by atoms with Crippen LogP contribution in [0.2, 0.25) is 0 Å². The molecule has 3 atom stereocenters. The van der Waals surface area contributed by atoms with Gasteiger partial charge in [0.25, 0.3) is 0 Å². The first-order valence-electron chi connectivity index (χ1n) is 10.2. The van der Waals surface area contributed by atoms with Crippen molar-refractivity contribution in [1.29, 1.82) is 0 Å². The van der Waals surface area contributed by atoms with Crippen LogP contribution in [0.4, 0.5) is 26.3 Å². The monoisotopic (exact) mass is 520 g/mol. The molecular formula is C21H18F6N4O3S. The summed E-state index contributed by atoms with van der Waals surface area (Å²) in [6, 6.07) is 2.47. The lowest BCUT2D eigenvalue weighted by atomic mass is 9.98. The highest BCUT2D eigenvalue weighted by molar-refractivity contribution is 7.93. The second kappa shape index (κ2) is 9.13. The Morgan fingerprint density at radius 3 is 2.63 bits per heavy atom. The van der Waals surface area contributed by atoms with E-state index < -0.39 is 62.9 Å². The Morgan fingerprint density at radius 1 is 1.23 bits per heavy atom. The van der Waals surface area contributed by atoms with Gasteiger partial charge in [-0.05, 0) is 36.6 Å². The molecule has 1 aromatic heterocycles. The van der Waals surface area contributed by atoms with Crippen LogP contribution >= 0.6 is 0 Å². The molecule has 0 radical (unpaired) electrons. The molecule has 4 rings (SSSR count). The summed E-state index contributed by atoms with van der Waals surface area (Å²) < 4.78 is 109. The Hall–Kier alpha value is -3.16. The fourth-order valence-electron chi connectivity index (χ4n) is 3.95. The lowest BCUT2D eigenvalue weighted by molar-refractivity contribution is -0.148. The van der Waals surface area contributed by atoms with Crippen LogP contribution in [-0.4, -0.2) is 53.7 Å². The molecule has 7 nitrogen and oxygen atoms in total. The van der Waals surface area contributed by atoms with Crippen molar-refractivity contribution in [3.8, 4) is 5.88 Å². The zero-order valence-electron chi connectivity index (χ0n) is 17.7. The lowest BCUT2D eigenvalue weighted by Crippen LogP contribution is -2.42. The number of halogens is 6. The fourth-order valence-corrected chi connectivity index (χ4v) is 6.27. The molecule has 3 unspecified atom stereocenters. The summed E-state index contributed by atoms with van der Waals surface area (Å²) in [5, 5.41) is -1.81. The smallest absolute Gasteiger partial charge is 0.340 e. The van der Waals surface area contributed by atoms with E-state index in [1.807, 2.05) is 0 Å². The van der Waals surface area contributed by atoms with Crippen molar-refractivity contribution < 1.29 is 39.5 Å². The first-order valence-corrected chi connectivity index (χ1v) is 11.8. The van der Waals surface area contributed by atoms with E-state index in [0.717, 1.165) is 24.5 Å². The zero-order valence-corrected chi connectivity index (χ0v) is 18.5. The van der Waals surface area contributed by atoms with Gasteiger partial charge >= 0.3 is 12.3 Å². The van der Waals surface area contributed by atoms with Crippen molar-refractivity contribution in [1.82, 2.24) is 9.97 Å². The molecule has 0 saturated carbocycles. The number of hydrogen-bond donors (Lipinski definition) is 1. The molecule has 2 aliphatic heterocycles. The van der Waals surface area contributed by atoms with E-state index in [4.69, 9.17) is 5.73 Å². The molecule has 0 spiro atoms. The van der Waals surface area contributed by atoms with E-state index in [0.29, 0.717) is 6.42 Å². The first kappa shape index (κ1) is 24.9. The number of aromatic nitrogens is 2. The molecule has 2 N–H and O–H groups in total. The Balaban J connectivity index is 1.55. The molecule has 0 amide bonds. The summed E-state index contributed by atoms with van der Waals surface area (Å²) in [6.45, 7) is -1.64. The molecule has 0 aliphatic carbocycles. The predicted octanol–water partition coefficient (Wildman–Crippen LogP) is 3.72. The maximum Gasteiger partial charge on any atom is 0.340 e. The third-order valence-electron chi connectivity index (χ3n) is 5.74. The molecule has 2 aliphatic rings. The van der Waals surface area contributed by atoms with Crippen LogP contribution in [0.1, 0.15) is 35.7 Å². The zero-order chi connectivity index (χ0) is 25.5. The van der Waals surface area contributed by atoms with Crippen LogP contribution in [0, 0.1) is 5.82 Å². The van der Waals surface area contributed by atoms with E-state index in [9.17, 15) is 34.8 Å². The van der Waals surface area contributed by atoms with Gasteiger partial charge in [0.15, 0.2) is 22.3 Å². The number of aliphatic imine (C=N–C) groups is 1. The van der Waals surface area contributed by atoms with Gasteiger partial charge in [0.05, 0.1) is 23.7 Å². The predicted molar refractivity (Wildman–Crippen MR) is 114 cm³/mol. The van der Waals surface area contributed by atoms with Gasteiger partial charge in [-0.25, -0.2) is 35.9 Å². The van der Waals surface area contributed by atoms with Crippen molar-refractivity contribution in [3.63, 3.8) is 0 Å². The summed E-state index contributed by atoms with van der Waals surface area (Å²) in [5.74, 6) is -6.67. The highest BCUT2D eigenvalue weighted by Crippen LogP contribution is 2.42. The second-order valence-electron chi connectivity index (χ2n) is 8.06. The Kier molecular flexibility index (Phi) is 6.51. The van der Waals surface area contributed by atoms with Crippen LogP contribution < -0.4 is 10.5 Å². The van der Waals surface area contributed by atoms with Crippen LogP contribution in [0.15, 0.2) is 35.6 Å². The summed E-state index contributed by atoms with van der Waals surface area (Å²) in [6.07, 6.45) is -0.775. The molecule has 35 heavy (non-hydrogen) atoms. The number of nitrogens with zero attached hydrogens (tertiary/aromatic N) is 3. The fraction of sp³-hybridized carbons (Fsp3) is 0.381. The van der Waals surface area contributed by atoms with Crippen LogP contribution in [0.3, 0.4) is 0 Å². The minimum atomic E-state index is -4.39. The maximum atomic E-state index is 14.7. The van der Waals surface area contributed by atoms with Crippen LogP contribution in [-0.2, 0) is 9.84 Å². The van der Waals surface area contributed by atoms with E-state index in [-0.39, 0.29) is 29.1 Å². The van der Waals surface area contributed by atoms with E-state index >= 15 is 0 Å². The van der Waals surface area contributed by atoms with Gasteiger partial charge in [-0.2, -0.15) is 8.78 Å². The molecule has 188 valence electrons. The Morgan fingerprint density at radius 2 is 1.97 bits per heavy atom. The number of rotatable bonds is 7. The first-order chi connectivity index (χ1) is 16.4. The van der Waals surface area contributed by atoms with Gasteiger partial charge in [-0.1, -0.05) is 6.07 Å². The molecule has 1 saturated heterocycles. The van der Waals surface area contributed by atoms with Crippen LogP contribution in [0.25, 0.3) is 11.9 Å². The summed E-state index contributed by atoms with van der Waals surface area (Å²) in [7, 11) is -3.62. The van der Waals surface area contributed by atoms with Gasteiger partial charge < -0.3 is 10.5 Å². The summed E-state index contributed by atoms with van der Waals surface area (Å²) in [4.78, 5) is 11.4. The van der Waals surface area contributed by atoms with Crippen molar-refractivity contribution in [2.24, 2.45) is 10.7 Å². The SMILES string of the molecule is NC1=NC(c2cc(/C=C(\F)c3cnc(OCC(F)(F)C(F)F)cn3)ccc2F)C2CCC1S2(=O)=O. The molecule has 1 aromatic carbocycles. The lowest BCUT2D eigenvalue weighted by Gasteiger charge is -2.26. The largest absolute Gasteiger partial charge is 0.470 e. The second-order valence-corrected chi connectivity index (χ2v) is 10.4. The number of benzene rings is 1. The number of fused-ring (bicyclic) bond motifs is 2. The topological polar surface area (TPSA) is 108 Å². The van der Waals surface area contributed by atoms with Crippen molar-refractivity contribution in [2.45, 2.75) is 41.7 Å². The number of sulfone groups is 1. The summed E-state index contributed by atoms with van der Waals surface area (Å²) in [5.41, 5.74) is 5.57. The summed E-state index contributed by atoms with van der Waals surface area (Å²) >= 11 is 0. The third-order valence-corrected chi connectivity index (χ3v) is 8.35. The highest BCUT2D eigenvalue weighted by Gasteiger charge is 2.51. The van der Waals surface area contributed by atoms with Gasteiger partial charge in [0, 0.05) is 5.56 Å². The van der Waals surface area contributed by atoms with Gasteiger partial charge in [0.2, 0.25) is 5.88 Å². The van der Waals surface area contributed by atoms with E-state index in [2.05, 4.69) is 19.7 Å².